The van der Waals surface area contributed by atoms with Crippen molar-refractivity contribution in [2.75, 3.05) is 26.1 Å². The predicted octanol–water partition coefficient (Wildman–Crippen LogP) is 8.75. The molecule has 0 atom stereocenters. The quantitative estimate of drug-likeness (QED) is 0.279. The third kappa shape index (κ3) is 6.99. The fourth-order valence-corrected chi connectivity index (χ4v) is 6.06. The van der Waals surface area contributed by atoms with Crippen molar-refractivity contribution in [3.8, 4) is 11.5 Å². The van der Waals surface area contributed by atoms with Crippen LogP contribution in [0.4, 0.5) is 10.5 Å². The fraction of sp³-hybridized carbons (Fsp3) is 0.457. The van der Waals surface area contributed by atoms with Crippen molar-refractivity contribution in [2.45, 2.75) is 83.6 Å². The van der Waals surface area contributed by atoms with E-state index in [1.165, 1.54) is 16.7 Å². The van der Waals surface area contributed by atoms with Crippen LogP contribution in [-0.2, 0) is 6.42 Å². The molecule has 0 spiro atoms. The second kappa shape index (κ2) is 13.7. The van der Waals surface area contributed by atoms with Crippen LogP contribution in [0.2, 0.25) is 0 Å². The molecule has 1 aliphatic rings. The second-order valence-corrected chi connectivity index (χ2v) is 11.6. The summed E-state index contributed by atoms with van der Waals surface area (Å²) in [6.07, 6.45) is 4.93. The second-order valence-electron chi connectivity index (χ2n) is 11.6. The van der Waals surface area contributed by atoms with Crippen LogP contribution in [-0.4, -0.2) is 37.7 Å². The molecule has 0 aliphatic heterocycles. The van der Waals surface area contributed by atoms with E-state index >= 15 is 0 Å². The molecule has 0 aromatic heterocycles. The molecule has 0 bridgehead atoms. The van der Waals surface area contributed by atoms with Crippen LogP contribution in [0, 0.1) is 0 Å². The van der Waals surface area contributed by atoms with Gasteiger partial charge in [0.25, 0.3) is 0 Å². The van der Waals surface area contributed by atoms with Gasteiger partial charge in [-0.05, 0) is 84.2 Å². The maximum atomic E-state index is 14.1. The topological polar surface area (TPSA) is 50.8 Å². The number of para-hydroxylation sites is 1. The number of ether oxygens (including phenoxy) is 2. The Bertz CT molecular complexity index is 1220. The summed E-state index contributed by atoms with van der Waals surface area (Å²) in [4.78, 5) is 16.2. The van der Waals surface area contributed by atoms with E-state index in [0.717, 1.165) is 43.4 Å². The van der Waals surface area contributed by atoms with Gasteiger partial charge in [-0.15, -0.1) is 0 Å². The molecule has 0 unspecified atom stereocenters. The first kappa shape index (κ1) is 29.5. The number of hydrogen-bond acceptors (Lipinski definition) is 3. The lowest BCUT2D eigenvalue weighted by molar-refractivity contribution is 0.163. The Kier molecular flexibility index (Phi) is 10.1. The van der Waals surface area contributed by atoms with E-state index in [1.54, 1.807) is 14.2 Å². The fourth-order valence-electron chi connectivity index (χ4n) is 6.06. The highest BCUT2D eigenvalue weighted by Gasteiger charge is 2.30. The third-order valence-electron chi connectivity index (χ3n) is 8.36. The number of hydrogen-bond donors (Lipinski definition) is 1. The number of carbonyl (C=O) groups is 1. The Balaban J connectivity index is 1.57. The smallest absolute Gasteiger partial charge is 0.322 e. The molecular formula is C35H46N2O3. The maximum absolute atomic E-state index is 14.1. The molecular weight excluding hydrogens is 496 g/mol. The molecule has 0 radical (unpaired) electrons. The van der Waals surface area contributed by atoms with Crippen LogP contribution in [0.3, 0.4) is 0 Å². The summed E-state index contributed by atoms with van der Waals surface area (Å²) < 4.78 is 11.0. The molecule has 0 heterocycles. The van der Waals surface area contributed by atoms with Gasteiger partial charge in [-0.1, -0.05) is 82.3 Å². The molecule has 5 nitrogen and oxygen atoms in total. The number of rotatable bonds is 10. The molecule has 1 aliphatic carbocycles. The number of benzene rings is 3. The van der Waals surface area contributed by atoms with E-state index < -0.39 is 0 Å². The van der Waals surface area contributed by atoms with Gasteiger partial charge in [-0.3, -0.25) is 0 Å². The Labute approximate surface area is 240 Å². The van der Waals surface area contributed by atoms with E-state index in [-0.39, 0.29) is 12.1 Å². The molecule has 1 N–H and O–H groups in total. The summed E-state index contributed by atoms with van der Waals surface area (Å²) in [5.41, 5.74) is 5.89. The third-order valence-corrected chi connectivity index (χ3v) is 8.36. The first-order valence-electron chi connectivity index (χ1n) is 14.8. The van der Waals surface area contributed by atoms with Gasteiger partial charge in [0.05, 0.1) is 14.2 Å². The van der Waals surface area contributed by atoms with Crippen LogP contribution < -0.4 is 14.8 Å². The standard InChI is InChI=1S/C35H46N2O3/c1-24(2)30-13-10-14-31(25(3)4)34(30)36-35(38)37(22-21-26-15-20-32(39-5)33(23-26)40-6)29-18-16-28(17-19-29)27-11-8-7-9-12-27/h7-15,20,23-25,28-29H,16-19,21-22H2,1-6H3,(H,36,38). The monoisotopic (exact) mass is 542 g/mol. The van der Waals surface area contributed by atoms with Crippen molar-refractivity contribution in [3.63, 3.8) is 0 Å². The maximum Gasteiger partial charge on any atom is 0.322 e. The molecule has 0 saturated heterocycles. The summed E-state index contributed by atoms with van der Waals surface area (Å²) in [6.45, 7) is 9.40. The molecule has 3 aromatic rings. The van der Waals surface area contributed by atoms with Crippen molar-refractivity contribution in [2.24, 2.45) is 0 Å². The Morgan fingerprint density at radius 1 is 0.825 bits per heavy atom. The van der Waals surface area contributed by atoms with Crippen LogP contribution in [0.5, 0.6) is 11.5 Å². The van der Waals surface area contributed by atoms with Gasteiger partial charge in [-0.25, -0.2) is 4.79 Å². The highest BCUT2D eigenvalue weighted by Crippen LogP contribution is 2.37. The van der Waals surface area contributed by atoms with E-state index in [0.29, 0.717) is 35.8 Å². The summed E-state index contributed by atoms with van der Waals surface area (Å²) in [7, 11) is 3.31. The van der Waals surface area contributed by atoms with Crippen molar-refractivity contribution < 1.29 is 14.3 Å². The number of nitrogens with zero attached hydrogens (tertiary/aromatic N) is 1. The van der Waals surface area contributed by atoms with Gasteiger partial charge in [0.15, 0.2) is 11.5 Å². The van der Waals surface area contributed by atoms with E-state index in [9.17, 15) is 4.79 Å². The Hall–Kier alpha value is -3.47. The number of amides is 2. The molecule has 40 heavy (non-hydrogen) atoms. The van der Waals surface area contributed by atoms with Crippen molar-refractivity contribution in [1.29, 1.82) is 0 Å². The molecule has 2 amide bonds. The van der Waals surface area contributed by atoms with Gasteiger partial charge in [0.2, 0.25) is 0 Å². The highest BCUT2D eigenvalue weighted by atomic mass is 16.5. The van der Waals surface area contributed by atoms with Gasteiger partial charge >= 0.3 is 6.03 Å². The lowest BCUT2D eigenvalue weighted by Gasteiger charge is -2.37. The zero-order chi connectivity index (χ0) is 28.6. The van der Waals surface area contributed by atoms with Crippen molar-refractivity contribution in [1.82, 2.24) is 4.90 Å². The number of carbonyl (C=O) groups excluding carboxylic acids is 1. The molecule has 5 heteroatoms. The minimum atomic E-state index is -0.00126. The SMILES string of the molecule is COc1ccc(CCN(C(=O)Nc2c(C(C)C)cccc2C(C)C)C2CCC(c3ccccc3)CC2)cc1OC. The zero-order valence-corrected chi connectivity index (χ0v) is 25.1. The Morgan fingerprint density at radius 3 is 2.02 bits per heavy atom. The lowest BCUT2D eigenvalue weighted by Crippen LogP contribution is -2.45. The van der Waals surface area contributed by atoms with E-state index in [1.807, 2.05) is 12.1 Å². The number of methoxy groups -OCH3 is 2. The Morgan fingerprint density at radius 2 is 1.45 bits per heavy atom. The summed E-state index contributed by atoms with van der Waals surface area (Å²) in [5.74, 6) is 2.62. The van der Waals surface area contributed by atoms with Gasteiger partial charge < -0.3 is 19.7 Å². The minimum Gasteiger partial charge on any atom is -0.493 e. The zero-order valence-electron chi connectivity index (χ0n) is 25.1. The van der Waals surface area contributed by atoms with Crippen molar-refractivity contribution in [3.05, 3.63) is 89.0 Å². The average Bonchev–Trinajstić information content (AvgIpc) is 2.97. The first-order valence-corrected chi connectivity index (χ1v) is 14.8. The average molecular weight is 543 g/mol. The summed E-state index contributed by atoms with van der Waals surface area (Å²) in [5, 5.41) is 3.40. The predicted molar refractivity (Wildman–Crippen MR) is 165 cm³/mol. The van der Waals surface area contributed by atoms with Gasteiger partial charge in [-0.2, -0.15) is 0 Å². The summed E-state index contributed by atoms with van der Waals surface area (Å²) in [6, 6.07) is 23.4. The minimum absolute atomic E-state index is 0.00126. The normalized spacial score (nSPS) is 17.1. The molecule has 3 aromatic carbocycles. The van der Waals surface area contributed by atoms with Crippen molar-refractivity contribution >= 4 is 11.7 Å². The molecule has 1 fully saturated rings. The van der Waals surface area contributed by atoms with Gasteiger partial charge in [0, 0.05) is 18.3 Å². The molecule has 4 rings (SSSR count). The number of nitrogens with one attached hydrogen (secondary N) is 1. The van der Waals surface area contributed by atoms with E-state index in [2.05, 4.69) is 92.5 Å². The molecule has 214 valence electrons. The first-order chi connectivity index (χ1) is 19.3. The van der Waals surface area contributed by atoms with Gasteiger partial charge in [0.1, 0.15) is 0 Å². The van der Waals surface area contributed by atoms with Crippen LogP contribution in [0.1, 0.15) is 93.4 Å². The number of anilines is 1. The highest BCUT2D eigenvalue weighted by molar-refractivity contribution is 5.91. The van der Waals surface area contributed by atoms with Crippen LogP contribution in [0.25, 0.3) is 0 Å². The lowest BCUT2D eigenvalue weighted by atomic mass is 9.81. The van der Waals surface area contributed by atoms with Crippen LogP contribution in [0.15, 0.2) is 66.7 Å². The molecule has 1 saturated carbocycles. The summed E-state index contributed by atoms with van der Waals surface area (Å²) >= 11 is 0. The van der Waals surface area contributed by atoms with Crippen LogP contribution >= 0.6 is 0 Å². The van der Waals surface area contributed by atoms with E-state index in [4.69, 9.17) is 9.47 Å². The number of urea groups is 1. The largest absolute Gasteiger partial charge is 0.493 e.